The van der Waals surface area contributed by atoms with E-state index in [0.717, 1.165) is 12.2 Å². The average Bonchev–Trinajstić information content (AvgIpc) is 1.68. The zero-order chi connectivity index (χ0) is 6.41. The lowest BCUT2D eigenvalue weighted by Gasteiger charge is -2.04. The third-order valence-electron chi connectivity index (χ3n) is 1.08. The summed E-state index contributed by atoms with van der Waals surface area (Å²) in [6.07, 6.45) is 3.60. The van der Waals surface area contributed by atoms with Gasteiger partial charge in [-0.3, -0.25) is 0 Å². The second kappa shape index (κ2) is 5.83. The quantitative estimate of drug-likeness (QED) is 0.565. The van der Waals surface area contributed by atoms with Crippen molar-refractivity contribution in [3.05, 3.63) is 0 Å². The minimum atomic E-state index is 0.581. The Morgan fingerprint density at radius 3 is 2.38 bits per heavy atom. The van der Waals surface area contributed by atoms with E-state index in [9.17, 15) is 0 Å². The van der Waals surface area contributed by atoms with Crippen molar-refractivity contribution in [3.8, 4) is 0 Å². The molecule has 8 heavy (non-hydrogen) atoms. The van der Waals surface area contributed by atoms with Crippen molar-refractivity contribution in [2.45, 2.75) is 31.4 Å². The minimum Gasteiger partial charge on any atom is -0.179 e. The second-order valence-corrected chi connectivity index (χ2v) is 3.13. The first-order valence-electron chi connectivity index (χ1n) is 3.10. The van der Waals surface area contributed by atoms with Gasteiger partial charge < -0.3 is 0 Å². The average molecular weight is 150 g/mol. The first-order chi connectivity index (χ1) is 3.81. The van der Waals surface area contributed by atoms with Gasteiger partial charge in [0.1, 0.15) is 0 Å². The third kappa shape index (κ3) is 4.85. The predicted molar refractivity (Wildman–Crippen MR) is 46.2 cm³/mol. The molecule has 2 heteroatoms. The van der Waals surface area contributed by atoms with Gasteiger partial charge in [0.15, 0.2) is 0 Å². The molecule has 0 radical (unpaired) electrons. The monoisotopic (exact) mass is 150 g/mol. The smallest absolute Gasteiger partial charge is 0.00244 e. The van der Waals surface area contributed by atoms with Gasteiger partial charge >= 0.3 is 0 Å². The summed E-state index contributed by atoms with van der Waals surface area (Å²) >= 11 is 8.45. The topological polar surface area (TPSA) is 0 Å². The maximum Gasteiger partial charge on any atom is 0.00244 e. The molecule has 50 valence electrons. The van der Waals surface area contributed by atoms with Gasteiger partial charge in [-0.2, -0.15) is 25.3 Å². The van der Waals surface area contributed by atoms with Crippen molar-refractivity contribution in [2.75, 3.05) is 5.75 Å². The van der Waals surface area contributed by atoms with Crippen LogP contribution in [0.1, 0.15) is 26.2 Å². The molecule has 0 aliphatic carbocycles. The molecule has 0 saturated heterocycles. The fraction of sp³-hybridized carbons (Fsp3) is 1.00. The molecule has 0 aliphatic heterocycles. The summed E-state index contributed by atoms with van der Waals surface area (Å²) in [5.41, 5.74) is 0. The fourth-order valence-corrected chi connectivity index (χ4v) is 1.53. The van der Waals surface area contributed by atoms with E-state index in [2.05, 4.69) is 32.2 Å². The Morgan fingerprint density at radius 2 is 2.00 bits per heavy atom. The molecule has 0 aromatic carbocycles. The first kappa shape index (κ1) is 8.70. The maximum absolute atomic E-state index is 4.34. The Kier molecular flexibility index (Phi) is 6.34. The van der Waals surface area contributed by atoms with Crippen LogP contribution in [0.25, 0.3) is 0 Å². The van der Waals surface area contributed by atoms with Crippen LogP contribution in [0.15, 0.2) is 0 Å². The molecule has 0 saturated carbocycles. The SMILES string of the molecule is CCCC(S)CCS. The molecule has 0 bridgehead atoms. The summed E-state index contributed by atoms with van der Waals surface area (Å²) in [5.74, 6) is 0.966. The standard InChI is InChI=1S/C6H14S2/c1-2-3-6(8)4-5-7/h6-8H,2-5H2,1H3. The van der Waals surface area contributed by atoms with E-state index in [1.165, 1.54) is 12.8 Å². The number of thiol groups is 2. The lowest BCUT2D eigenvalue weighted by atomic mass is 10.2. The van der Waals surface area contributed by atoms with Crippen LogP contribution in [0.5, 0.6) is 0 Å². The van der Waals surface area contributed by atoms with Gasteiger partial charge in [-0.15, -0.1) is 0 Å². The summed E-state index contributed by atoms with van der Waals surface area (Å²) in [5, 5.41) is 0.581. The van der Waals surface area contributed by atoms with E-state index in [1.54, 1.807) is 0 Å². The van der Waals surface area contributed by atoms with Gasteiger partial charge in [0.25, 0.3) is 0 Å². The van der Waals surface area contributed by atoms with Gasteiger partial charge in [-0.25, -0.2) is 0 Å². The molecule has 1 unspecified atom stereocenters. The summed E-state index contributed by atoms with van der Waals surface area (Å²) in [7, 11) is 0. The molecule has 0 aromatic rings. The van der Waals surface area contributed by atoms with Crippen LogP contribution in [-0.2, 0) is 0 Å². The minimum absolute atomic E-state index is 0.581. The Labute approximate surface area is 62.9 Å². The summed E-state index contributed by atoms with van der Waals surface area (Å²) in [6.45, 7) is 2.18. The van der Waals surface area contributed by atoms with Gasteiger partial charge in [-0.1, -0.05) is 13.3 Å². The number of hydrogen-bond acceptors (Lipinski definition) is 2. The first-order valence-corrected chi connectivity index (χ1v) is 4.25. The van der Waals surface area contributed by atoms with Crippen LogP contribution in [-0.4, -0.2) is 11.0 Å². The predicted octanol–water partition coefficient (Wildman–Crippen LogP) is 2.40. The summed E-state index contributed by atoms with van der Waals surface area (Å²) in [6, 6.07) is 0. The van der Waals surface area contributed by atoms with Crippen molar-refractivity contribution in [1.82, 2.24) is 0 Å². The molecule has 0 aromatic heterocycles. The Morgan fingerprint density at radius 1 is 1.38 bits per heavy atom. The third-order valence-corrected chi connectivity index (χ3v) is 1.86. The van der Waals surface area contributed by atoms with Crippen LogP contribution < -0.4 is 0 Å². The molecule has 0 N–H and O–H groups in total. The lowest BCUT2D eigenvalue weighted by Crippen LogP contribution is -1.97. The van der Waals surface area contributed by atoms with Crippen LogP contribution in [0.3, 0.4) is 0 Å². The molecule has 0 fully saturated rings. The van der Waals surface area contributed by atoms with Crippen LogP contribution in [0, 0.1) is 0 Å². The molecule has 0 nitrogen and oxygen atoms in total. The second-order valence-electron chi connectivity index (χ2n) is 1.95. The Balaban J connectivity index is 2.92. The van der Waals surface area contributed by atoms with Gasteiger partial charge in [-0.05, 0) is 18.6 Å². The van der Waals surface area contributed by atoms with Gasteiger partial charge in [0.2, 0.25) is 0 Å². The molecule has 0 heterocycles. The van der Waals surface area contributed by atoms with Crippen LogP contribution >= 0.6 is 25.3 Å². The largest absolute Gasteiger partial charge is 0.179 e. The highest BCUT2D eigenvalue weighted by Gasteiger charge is 1.97. The van der Waals surface area contributed by atoms with Crippen LogP contribution in [0.4, 0.5) is 0 Å². The normalized spacial score (nSPS) is 13.9. The Bertz CT molecular complexity index is 39.8. The molecule has 1 atom stereocenters. The molecule has 0 spiro atoms. The van der Waals surface area contributed by atoms with E-state index in [0.29, 0.717) is 5.25 Å². The highest BCUT2D eigenvalue weighted by molar-refractivity contribution is 7.81. The van der Waals surface area contributed by atoms with E-state index in [4.69, 9.17) is 0 Å². The maximum atomic E-state index is 4.34. The van der Waals surface area contributed by atoms with Crippen molar-refractivity contribution in [3.63, 3.8) is 0 Å². The number of hydrogen-bond donors (Lipinski definition) is 2. The lowest BCUT2D eigenvalue weighted by molar-refractivity contribution is 0.729. The van der Waals surface area contributed by atoms with E-state index in [-0.39, 0.29) is 0 Å². The van der Waals surface area contributed by atoms with Crippen molar-refractivity contribution in [1.29, 1.82) is 0 Å². The summed E-state index contributed by atoms with van der Waals surface area (Å²) < 4.78 is 0. The van der Waals surface area contributed by atoms with Gasteiger partial charge in [0.05, 0.1) is 0 Å². The van der Waals surface area contributed by atoms with Gasteiger partial charge in [0, 0.05) is 5.25 Å². The van der Waals surface area contributed by atoms with Crippen molar-refractivity contribution < 1.29 is 0 Å². The zero-order valence-corrected chi connectivity index (χ0v) is 7.09. The highest BCUT2D eigenvalue weighted by Crippen LogP contribution is 2.08. The highest BCUT2D eigenvalue weighted by atomic mass is 32.1. The van der Waals surface area contributed by atoms with E-state index in [1.807, 2.05) is 0 Å². The van der Waals surface area contributed by atoms with E-state index < -0.39 is 0 Å². The van der Waals surface area contributed by atoms with Crippen LogP contribution in [0.2, 0.25) is 0 Å². The molecule has 0 aliphatic rings. The zero-order valence-electron chi connectivity index (χ0n) is 5.30. The van der Waals surface area contributed by atoms with Crippen molar-refractivity contribution >= 4 is 25.3 Å². The molecule has 0 rings (SSSR count). The Hall–Kier alpha value is 0.700. The van der Waals surface area contributed by atoms with Crippen molar-refractivity contribution in [2.24, 2.45) is 0 Å². The molecule has 0 amide bonds. The number of rotatable bonds is 4. The fourth-order valence-electron chi connectivity index (χ4n) is 0.627. The molecular weight excluding hydrogens is 136 g/mol. The molecular formula is C6H14S2. The summed E-state index contributed by atoms with van der Waals surface area (Å²) in [4.78, 5) is 0. The van der Waals surface area contributed by atoms with E-state index >= 15 is 0 Å².